The number of aromatic nitrogens is 2. The Kier molecular flexibility index (Phi) is 3.62. The summed E-state index contributed by atoms with van der Waals surface area (Å²) in [4.78, 5) is 17.1. The summed E-state index contributed by atoms with van der Waals surface area (Å²) in [7, 11) is 1.84. The Balaban J connectivity index is 1.85. The van der Waals surface area contributed by atoms with Gasteiger partial charge in [-0.05, 0) is 36.4 Å². The molecule has 21 heavy (non-hydrogen) atoms. The van der Waals surface area contributed by atoms with Gasteiger partial charge in [0.1, 0.15) is 0 Å². The smallest absolute Gasteiger partial charge is 0.264 e. The van der Waals surface area contributed by atoms with Gasteiger partial charge in [-0.1, -0.05) is 18.2 Å². The first-order valence-electron chi connectivity index (χ1n) is 6.46. The lowest BCUT2D eigenvalue weighted by atomic mass is 10.2. The molecule has 0 atom stereocenters. The monoisotopic (exact) mass is 298 g/mol. The number of rotatable bonds is 2. The fraction of sp³-hybridized carbons (Fsp3) is 0.133. The molecule has 1 saturated heterocycles. The standard InChI is InChI=1S/C15H14N4OS/c1-10-5-3-4-6-12(10)17-15-18-14(20)13(21-15)7-11-8-16-19(2)9-11/h3-9H,1-2H3,(H,17,18,20)/b13-7+. The first-order valence-corrected chi connectivity index (χ1v) is 7.27. The van der Waals surface area contributed by atoms with Gasteiger partial charge in [0.2, 0.25) is 0 Å². The maximum atomic E-state index is 12.0. The number of nitrogens with zero attached hydrogens (tertiary/aromatic N) is 3. The normalized spacial score (nSPS) is 18.5. The molecule has 0 unspecified atom stereocenters. The van der Waals surface area contributed by atoms with Crippen LogP contribution in [0.2, 0.25) is 0 Å². The van der Waals surface area contributed by atoms with Crippen LogP contribution >= 0.6 is 11.8 Å². The Morgan fingerprint density at radius 3 is 2.90 bits per heavy atom. The van der Waals surface area contributed by atoms with Crippen LogP contribution in [0.3, 0.4) is 0 Å². The molecule has 0 radical (unpaired) electrons. The Hall–Kier alpha value is -2.34. The first-order chi connectivity index (χ1) is 10.1. The molecule has 1 N–H and O–H groups in total. The molecule has 1 aliphatic heterocycles. The molecule has 2 heterocycles. The SMILES string of the molecule is Cc1ccccc1N=C1NC(=O)/C(=C\c2cnn(C)c2)S1. The zero-order valence-electron chi connectivity index (χ0n) is 11.7. The minimum absolute atomic E-state index is 0.129. The summed E-state index contributed by atoms with van der Waals surface area (Å²) in [6, 6.07) is 7.82. The van der Waals surface area contributed by atoms with Crippen LogP contribution in [0.25, 0.3) is 6.08 Å². The Morgan fingerprint density at radius 2 is 2.19 bits per heavy atom. The molecule has 1 fully saturated rings. The van der Waals surface area contributed by atoms with Gasteiger partial charge >= 0.3 is 0 Å². The van der Waals surface area contributed by atoms with Crippen molar-refractivity contribution in [2.75, 3.05) is 0 Å². The fourth-order valence-corrected chi connectivity index (χ4v) is 2.78. The number of hydrogen-bond acceptors (Lipinski definition) is 4. The van der Waals surface area contributed by atoms with Crippen LogP contribution in [0.15, 0.2) is 46.6 Å². The number of aliphatic imine (C=N–C) groups is 1. The molecule has 0 saturated carbocycles. The quantitative estimate of drug-likeness (QED) is 0.867. The van der Waals surface area contributed by atoms with E-state index in [2.05, 4.69) is 15.4 Å². The van der Waals surface area contributed by atoms with E-state index >= 15 is 0 Å². The highest BCUT2D eigenvalue weighted by Crippen LogP contribution is 2.28. The Labute approximate surface area is 126 Å². The van der Waals surface area contributed by atoms with Crippen molar-refractivity contribution in [1.82, 2.24) is 15.1 Å². The van der Waals surface area contributed by atoms with E-state index < -0.39 is 0 Å². The van der Waals surface area contributed by atoms with Gasteiger partial charge in [0, 0.05) is 18.8 Å². The van der Waals surface area contributed by atoms with Crippen LogP contribution < -0.4 is 5.32 Å². The van der Waals surface area contributed by atoms with Gasteiger partial charge < -0.3 is 5.32 Å². The summed E-state index contributed by atoms with van der Waals surface area (Å²) in [6.45, 7) is 1.99. The van der Waals surface area contributed by atoms with Gasteiger partial charge in [-0.25, -0.2) is 4.99 Å². The second kappa shape index (κ2) is 5.57. The zero-order chi connectivity index (χ0) is 14.8. The molecule has 0 aliphatic carbocycles. The highest BCUT2D eigenvalue weighted by molar-refractivity contribution is 8.18. The van der Waals surface area contributed by atoms with Crippen molar-refractivity contribution in [3.63, 3.8) is 0 Å². The van der Waals surface area contributed by atoms with Gasteiger partial charge in [-0.3, -0.25) is 9.48 Å². The maximum absolute atomic E-state index is 12.0. The predicted molar refractivity (Wildman–Crippen MR) is 85.2 cm³/mol. The summed E-state index contributed by atoms with van der Waals surface area (Å²) in [5.74, 6) is -0.129. The summed E-state index contributed by atoms with van der Waals surface area (Å²) in [5, 5.41) is 7.47. The van der Waals surface area contributed by atoms with Crippen LogP contribution in [-0.2, 0) is 11.8 Å². The molecule has 106 valence electrons. The second-order valence-corrected chi connectivity index (χ2v) is 5.75. The van der Waals surface area contributed by atoms with Crippen molar-refractivity contribution >= 4 is 34.6 Å². The van der Waals surface area contributed by atoms with E-state index in [4.69, 9.17) is 0 Å². The summed E-state index contributed by atoms with van der Waals surface area (Å²) >= 11 is 1.34. The minimum Gasteiger partial charge on any atom is -0.300 e. The largest absolute Gasteiger partial charge is 0.300 e. The number of hydrogen-bond donors (Lipinski definition) is 1. The molecule has 6 heteroatoms. The lowest BCUT2D eigenvalue weighted by Crippen LogP contribution is -2.19. The van der Waals surface area contributed by atoms with Crippen molar-refractivity contribution in [3.8, 4) is 0 Å². The average Bonchev–Trinajstić information content (AvgIpc) is 3.00. The maximum Gasteiger partial charge on any atom is 0.264 e. The number of benzene rings is 1. The van der Waals surface area contributed by atoms with Crippen molar-refractivity contribution in [2.45, 2.75) is 6.92 Å². The average molecular weight is 298 g/mol. The van der Waals surface area contributed by atoms with Gasteiger partial charge in [0.05, 0.1) is 16.8 Å². The minimum atomic E-state index is -0.129. The summed E-state index contributed by atoms with van der Waals surface area (Å²) in [5.41, 5.74) is 2.83. The van der Waals surface area contributed by atoms with Crippen LogP contribution in [-0.4, -0.2) is 20.9 Å². The Bertz CT molecular complexity index is 761. The molecule has 0 bridgehead atoms. The lowest BCUT2D eigenvalue weighted by Gasteiger charge is -1.99. The molecule has 1 aliphatic rings. The molecular formula is C15H14N4OS. The number of carbonyl (C=O) groups is 1. The van der Waals surface area contributed by atoms with E-state index in [1.807, 2.05) is 50.5 Å². The predicted octanol–water partition coefficient (Wildman–Crippen LogP) is 2.62. The summed E-state index contributed by atoms with van der Waals surface area (Å²) in [6.07, 6.45) is 5.39. The zero-order valence-corrected chi connectivity index (χ0v) is 12.5. The third kappa shape index (κ3) is 3.05. The number of amidine groups is 1. The number of carbonyl (C=O) groups excluding carboxylic acids is 1. The number of para-hydroxylation sites is 1. The molecule has 1 aromatic heterocycles. The van der Waals surface area contributed by atoms with Crippen LogP contribution in [0.4, 0.5) is 5.69 Å². The van der Waals surface area contributed by atoms with E-state index in [0.717, 1.165) is 16.8 Å². The number of thioether (sulfide) groups is 1. The van der Waals surface area contributed by atoms with Crippen LogP contribution in [0.1, 0.15) is 11.1 Å². The van der Waals surface area contributed by atoms with E-state index in [-0.39, 0.29) is 5.91 Å². The number of nitrogens with one attached hydrogen (secondary N) is 1. The fourth-order valence-electron chi connectivity index (χ4n) is 1.94. The Morgan fingerprint density at radius 1 is 1.38 bits per heavy atom. The van der Waals surface area contributed by atoms with Gasteiger partial charge in [-0.15, -0.1) is 0 Å². The molecule has 1 aromatic carbocycles. The van der Waals surface area contributed by atoms with Gasteiger partial charge in [0.25, 0.3) is 5.91 Å². The van der Waals surface area contributed by atoms with E-state index in [9.17, 15) is 4.79 Å². The third-order valence-corrected chi connectivity index (χ3v) is 3.92. The van der Waals surface area contributed by atoms with Gasteiger partial charge in [0.15, 0.2) is 5.17 Å². The number of amides is 1. The van der Waals surface area contributed by atoms with Crippen molar-refractivity contribution in [3.05, 3.63) is 52.7 Å². The van der Waals surface area contributed by atoms with Crippen molar-refractivity contribution < 1.29 is 4.79 Å². The van der Waals surface area contributed by atoms with Crippen LogP contribution in [0, 0.1) is 6.92 Å². The molecule has 1 amide bonds. The van der Waals surface area contributed by atoms with Crippen molar-refractivity contribution in [2.24, 2.45) is 12.0 Å². The lowest BCUT2D eigenvalue weighted by molar-refractivity contribution is -0.115. The van der Waals surface area contributed by atoms with Gasteiger partial charge in [-0.2, -0.15) is 5.10 Å². The molecule has 0 spiro atoms. The van der Waals surface area contributed by atoms with E-state index in [1.54, 1.807) is 10.9 Å². The molecular weight excluding hydrogens is 284 g/mol. The highest BCUT2D eigenvalue weighted by Gasteiger charge is 2.24. The van der Waals surface area contributed by atoms with Crippen molar-refractivity contribution in [1.29, 1.82) is 0 Å². The number of aryl methyl sites for hydroxylation is 2. The third-order valence-electron chi connectivity index (χ3n) is 3.01. The second-order valence-electron chi connectivity index (χ2n) is 4.72. The van der Waals surface area contributed by atoms with Crippen LogP contribution in [0.5, 0.6) is 0 Å². The highest BCUT2D eigenvalue weighted by atomic mass is 32.2. The molecule has 3 rings (SSSR count). The first kappa shape index (κ1) is 13.6. The van der Waals surface area contributed by atoms with E-state index in [1.165, 1.54) is 11.8 Å². The summed E-state index contributed by atoms with van der Waals surface area (Å²) < 4.78 is 1.70. The topological polar surface area (TPSA) is 59.3 Å². The molecule has 5 nitrogen and oxygen atoms in total. The van der Waals surface area contributed by atoms with E-state index in [0.29, 0.717) is 10.1 Å². The molecule has 2 aromatic rings.